The Morgan fingerprint density at radius 2 is 2.00 bits per heavy atom. The number of aromatic nitrogens is 2. The van der Waals surface area contributed by atoms with E-state index in [-0.39, 0.29) is 5.82 Å². The average molecular weight is 219 g/mol. The van der Waals surface area contributed by atoms with Crippen LogP contribution in [-0.4, -0.2) is 9.55 Å². The maximum absolute atomic E-state index is 12.8. The summed E-state index contributed by atoms with van der Waals surface area (Å²) in [7, 11) is 0. The monoisotopic (exact) mass is 219 g/mol. The van der Waals surface area contributed by atoms with E-state index in [0.29, 0.717) is 13.1 Å². The first-order valence-electron chi connectivity index (χ1n) is 5.16. The Bertz CT molecular complexity index is 474. The van der Waals surface area contributed by atoms with E-state index in [1.807, 2.05) is 11.5 Å². The Kier molecular flexibility index (Phi) is 3.01. The lowest BCUT2D eigenvalue weighted by Gasteiger charge is -2.09. The van der Waals surface area contributed by atoms with Crippen molar-refractivity contribution >= 4 is 0 Å². The van der Waals surface area contributed by atoms with Crippen LogP contribution >= 0.6 is 0 Å². The molecule has 1 aromatic carbocycles. The van der Waals surface area contributed by atoms with Crippen molar-refractivity contribution in [1.29, 1.82) is 0 Å². The van der Waals surface area contributed by atoms with Gasteiger partial charge in [0.15, 0.2) is 0 Å². The summed E-state index contributed by atoms with van der Waals surface area (Å²) >= 11 is 0. The minimum Gasteiger partial charge on any atom is -0.327 e. The minimum atomic E-state index is -0.217. The summed E-state index contributed by atoms with van der Waals surface area (Å²) in [6.07, 6.45) is 1.78. The van der Waals surface area contributed by atoms with E-state index in [2.05, 4.69) is 4.98 Å². The molecule has 1 heterocycles. The molecule has 2 N–H and O–H groups in total. The molecule has 2 aromatic rings. The summed E-state index contributed by atoms with van der Waals surface area (Å²) in [5.41, 5.74) is 7.65. The van der Waals surface area contributed by atoms with Gasteiger partial charge < -0.3 is 10.3 Å². The highest BCUT2D eigenvalue weighted by atomic mass is 19.1. The van der Waals surface area contributed by atoms with Gasteiger partial charge in [0.1, 0.15) is 11.6 Å². The standard InChI is InChI=1S/C12H14FN3/c1-9-15-7-12(6-14)16(9)8-10-2-4-11(13)5-3-10/h2-5,7H,6,8,14H2,1H3. The number of nitrogens with zero attached hydrogens (tertiary/aromatic N) is 2. The Morgan fingerprint density at radius 3 is 2.62 bits per heavy atom. The highest BCUT2D eigenvalue weighted by molar-refractivity contribution is 5.18. The van der Waals surface area contributed by atoms with Crippen LogP contribution in [0.2, 0.25) is 0 Å². The highest BCUT2D eigenvalue weighted by Crippen LogP contribution is 2.10. The van der Waals surface area contributed by atoms with Gasteiger partial charge in [-0.15, -0.1) is 0 Å². The molecule has 0 saturated carbocycles. The molecule has 84 valence electrons. The molecule has 0 radical (unpaired) electrons. The van der Waals surface area contributed by atoms with Crippen LogP contribution in [0.1, 0.15) is 17.1 Å². The van der Waals surface area contributed by atoms with Crippen molar-refractivity contribution in [3.05, 3.63) is 53.4 Å². The summed E-state index contributed by atoms with van der Waals surface area (Å²) in [5.74, 6) is 0.704. The van der Waals surface area contributed by atoms with Crippen LogP contribution < -0.4 is 5.73 Å². The molecule has 3 nitrogen and oxygen atoms in total. The van der Waals surface area contributed by atoms with Gasteiger partial charge in [-0.3, -0.25) is 0 Å². The van der Waals surface area contributed by atoms with Crippen LogP contribution in [0.3, 0.4) is 0 Å². The molecule has 0 fully saturated rings. The number of rotatable bonds is 3. The first-order valence-corrected chi connectivity index (χ1v) is 5.16. The van der Waals surface area contributed by atoms with Gasteiger partial charge in [0.25, 0.3) is 0 Å². The van der Waals surface area contributed by atoms with Gasteiger partial charge >= 0.3 is 0 Å². The number of hydrogen-bond acceptors (Lipinski definition) is 2. The second-order valence-corrected chi connectivity index (χ2v) is 3.71. The Morgan fingerprint density at radius 1 is 1.31 bits per heavy atom. The van der Waals surface area contributed by atoms with E-state index in [9.17, 15) is 4.39 Å². The fourth-order valence-corrected chi connectivity index (χ4v) is 1.67. The van der Waals surface area contributed by atoms with Crippen molar-refractivity contribution < 1.29 is 4.39 Å². The van der Waals surface area contributed by atoms with Gasteiger partial charge in [-0.1, -0.05) is 12.1 Å². The molecule has 0 aliphatic heterocycles. The van der Waals surface area contributed by atoms with Crippen molar-refractivity contribution in [3.63, 3.8) is 0 Å². The van der Waals surface area contributed by atoms with Gasteiger partial charge in [-0.25, -0.2) is 9.37 Å². The van der Waals surface area contributed by atoms with E-state index in [0.717, 1.165) is 17.1 Å². The van der Waals surface area contributed by atoms with E-state index in [4.69, 9.17) is 5.73 Å². The maximum atomic E-state index is 12.8. The Balaban J connectivity index is 2.26. The van der Waals surface area contributed by atoms with E-state index in [1.165, 1.54) is 12.1 Å². The molecule has 0 aliphatic carbocycles. The molecule has 1 aromatic heterocycles. The van der Waals surface area contributed by atoms with Gasteiger partial charge in [0.05, 0.1) is 5.69 Å². The molecule has 0 unspecified atom stereocenters. The molecule has 4 heteroatoms. The highest BCUT2D eigenvalue weighted by Gasteiger charge is 2.05. The third-order valence-electron chi connectivity index (χ3n) is 2.60. The van der Waals surface area contributed by atoms with Crippen molar-refractivity contribution in [2.75, 3.05) is 0 Å². The predicted octanol–water partition coefficient (Wildman–Crippen LogP) is 1.84. The second kappa shape index (κ2) is 4.45. The van der Waals surface area contributed by atoms with E-state index < -0.39 is 0 Å². The number of halogens is 1. The summed E-state index contributed by atoms with van der Waals surface area (Å²) in [6.45, 7) is 3.07. The molecule has 0 saturated heterocycles. The van der Waals surface area contributed by atoms with Crippen LogP contribution in [-0.2, 0) is 13.1 Å². The number of benzene rings is 1. The normalized spacial score (nSPS) is 10.7. The van der Waals surface area contributed by atoms with Gasteiger partial charge in [0, 0.05) is 19.3 Å². The Labute approximate surface area is 93.7 Å². The summed E-state index contributed by atoms with van der Waals surface area (Å²) < 4.78 is 14.8. The summed E-state index contributed by atoms with van der Waals surface area (Å²) in [5, 5.41) is 0. The number of nitrogens with two attached hydrogens (primary N) is 1. The van der Waals surface area contributed by atoms with E-state index in [1.54, 1.807) is 18.3 Å². The number of imidazole rings is 1. The topological polar surface area (TPSA) is 43.8 Å². The predicted molar refractivity (Wildman–Crippen MR) is 60.4 cm³/mol. The zero-order chi connectivity index (χ0) is 11.5. The van der Waals surface area contributed by atoms with Gasteiger partial charge in [-0.2, -0.15) is 0 Å². The molecule has 0 bridgehead atoms. The third kappa shape index (κ3) is 2.12. The molecule has 0 amide bonds. The third-order valence-corrected chi connectivity index (χ3v) is 2.60. The fourth-order valence-electron chi connectivity index (χ4n) is 1.67. The van der Waals surface area contributed by atoms with Crippen LogP contribution in [0.15, 0.2) is 30.5 Å². The second-order valence-electron chi connectivity index (χ2n) is 3.71. The van der Waals surface area contributed by atoms with Gasteiger partial charge in [-0.05, 0) is 24.6 Å². The quantitative estimate of drug-likeness (QED) is 0.856. The van der Waals surface area contributed by atoms with Crippen molar-refractivity contribution in [2.45, 2.75) is 20.0 Å². The largest absolute Gasteiger partial charge is 0.327 e. The Hall–Kier alpha value is -1.68. The molecule has 0 spiro atoms. The minimum absolute atomic E-state index is 0.217. The molecular formula is C12H14FN3. The first-order chi connectivity index (χ1) is 7.70. The van der Waals surface area contributed by atoms with Crippen LogP contribution in [0.25, 0.3) is 0 Å². The molecule has 16 heavy (non-hydrogen) atoms. The zero-order valence-electron chi connectivity index (χ0n) is 9.15. The van der Waals surface area contributed by atoms with Crippen LogP contribution in [0, 0.1) is 12.7 Å². The molecule has 0 atom stereocenters. The van der Waals surface area contributed by atoms with Crippen molar-refractivity contribution in [2.24, 2.45) is 5.73 Å². The first kappa shape index (κ1) is 10.8. The summed E-state index contributed by atoms with van der Waals surface area (Å²) in [6, 6.07) is 6.47. The smallest absolute Gasteiger partial charge is 0.123 e. The lowest BCUT2D eigenvalue weighted by Crippen LogP contribution is -2.09. The molecule has 0 aliphatic rings. The molecule has 2 rings (SSSR count). The maximum Gasteiger partial charge on any atom is 0.123 e. The lowest BCUT2D eigenvalue weighted by atomic mass is 10.2. The molecular weight excluding hydrogens is 205 g/mol. The zero-order valence-corrected chi connectivity index (χ0v) is 9.15. The number of aryl methyl sites for hydroxylation is 1. The number of hydrogen-bond donors (Lipinski definition) is 1. The fraction of sp³-hybridized carbons (Fsp3) is 0.250. The van der Waals surface area contributed by atoms with Crippen molar-refractivity contribution in [1.82, 2.24) is 9.55 Å². The van der Waals surface area contributed by atoms with Crippen molar-refractivity contribution in [3.8, 4) is 0 Å². The van der Waals surface area contributed by atoms with Crippen LogP contribution in [0.4, 0.5) is 4.39 Å². The summed E-state index contributed by atoms with van der Waals surface area (Å²) in [4.78, 5) is 4.21. The average Bonchev–Trinajstić information content (AvgIpc) is 2.63. The van der Waals surface area contributed by atoms with Gasteiger partial charge in [0.2, 0.25) is 0 Å². The SMILES string of the molecule is Cc1ncc(CN)n1Cc1ccc(F)cc1. The van der Waals surface area contributed by atoms with E-state index >= 15 is 0 Å². The lowest BCUT2D eigenvalue weighted by molar-refractivity contribution is 0.625. The van der Waals surface area contributed by atoms with Crippen LogP contribution in [0.5, 0.6) is 0 Å².